The third-order valence-electron chi connectivity index (χ3n) is 16.3. The molecule has 65 heavy (non-hydrogen) atoms. The van der Waals surface area contributed by atoms with E-state index < -0.39 is 12.2 Å². The number of esters is 1. The summed E-state index contributed by atoms with van der Waals surface area (Å²) in [6.07, 6.45) is 32.9. The SMILES string of the molecule is CCCCCCCC/C=C\CCCCCCCC(=O)O[C@H]1CC[C@@]2(C)C(=CCC3C2CC[C@@]2(C)C3CC[C@@H]2C(C)CC(COC(=O)N(CCCl)CCCl)COC(=O)N(CCCl)CCCl)C1. The topological polar surface area (TPSA) is 85.4 Å². The average molecular weight is 991 g/mol. The van der Waals surface area contributed by atoms with Crippen LogP contribution in [0.1, 0.15) is 175 Å². The van der Waals surface area contributed by atoms with Crippen LogP contribution in [0.4, 0.5) is 9.59 Å². The van der Waals surface area contributed by atoms with E-state index in [0.717, 1.165) is 44.9 Å². The molecule has 4 aliphatic carbocycles. The molecular formula is C53H88Cl4N2O6. The van der Waals surface area contributed by atoms with Crippen molar-refractivity contribution in [2.24, 2.45) is 46.3 Å². The van der Waals surface area contributed by atoms with Gasteiger partial charge in [-0.05, 0) is 124 Å². The van der Waals surface area contributed by atoms with Gasteiger partial charge in [0.2, 0.25) is 0 Å². The molecule has 0 heterocycles. The lowest BCUT2D eigenvalue weighted by atomic mass is 9.47. The number of amides is 2. The highest BCUT2D eigenvalue weighted by molar-refractivity contribution is 6.19. The lowest BCUT2D eigenvalue weighted by Crippen LogP contribution is -2.51. The lowest BCUT2D eigenvalue weighted by molar-refractivity contribution is -0.151. The minimum Gasteiger partial charge on any atom is -0.462 e. The number of ether oxygens (including phenoxy) is 3. The van der Waals surface area contributed by atoms with Crippen LogP contribution in [0.2, 0.25) is 0 Å². The Labute approximate surface area is 415 Å². The van der Waals surface area contributed by atoms with Crippen LogP contribution in [-0.2, 0) is 19.0 Å². The fourth-order valence-corrected chi connectivity index (χ4v) is 13.5. The first kappa shape index (κ1) is 56.2. The third kappa shape index (κ3) is 17.2. The summed E-state index contributed by atoms with van der Waals surface area (Å²) in [4.78, 5) is 42.2. The molecule has 0 bridgehead atoms. The second kappa shape index (κ2) is 30.3. The number of hydrogen-bond donors (Lipinski definition) is 0. The van der Waals surface area contributed by atoms with Gasteiger partial charge < -0.3 is 24.0 Å². The van der Waals surface area contributed by atoms with Crippen molar-refractivity contribution in [1.82, 2.24) is 9.80 Å². The molecule has 3 fully saturated rings. The first-order valence-electron chi connectivity index (χ1n) is 26.1. The van der Waals surface area contributed by atoms with Crippen LogP contribution < -0.4 is 0 Å². The van der Waals surface area contributed by atoms with Gasteiger partial charge in [0.05, 0.1) is 13.2 Å². The number of carbonyl (C=O) groups is 3. The first-order valence-corrected chi connectivity index (χ1v) is 28.2. The van der Waals surface area contributed by atoms with Crippen LogP contribution in [0.5, 0.6) is 0 Å². The predicted octanol–water partition coefficient (Wildman–Crippen LogP) is 15.0. The molecule has 0 spiro atoms. The molecule has 8 atom stereocenters. The van der Waals surface area contributed by atoms with Gasteiger partial charge in [-0.2, -0.15) is 0 Å². The Hall–Kier alpha value is -1.35. The van der Waals surface area contributed by atoms with Gasteiger partial charge in [-0.1, -0.05) is 103 Å². The largest absolute Gasteiger partial charge is 0.462 e. The van der Waals surface area contributed by atoms with Crippen molar-refractivity contribution in [1.29, 1.82) is 0 Å². The Kier molecular flexibility index (Phi) is 26.2. The highest BCUT2D eigenvalue weighted by Crippen LogP contribution is 2.67. The Morgan fingerprint density at radius 3 is 1.85 bits per heavy atom. The van der Waals surface area contributed by atoms with E-state index >= 15 is 0 Å². The van der Waals surface area contributed by atoms with E-state index in [2.05, 4.69) is 45.9 Å². The number of nitrogens with zero attached hydrogens (tertiary/aromatic N) is 2. The van der Waals surface area contributed by atoms with E-state index in [4.69, 9.17) is 60.6 Å². The van der Waals surface area contributed by atoms with Crippen LogP contribution >= 0.6 is 46.4 Å². The zero-order valence-electron chi connectivity index (χ0n) is 41.0. The normalized spacial score (nSPS) is 26.5. The molecule has 4 rings (SSSR count). The van der Waals surface area contributed by atoms with Gasteiger partial charge in [-0.3, -0.25) is 4.79 Å². The van der Waals surface area contributed by atoms with Gasteiger partial charge in [-0.15, -0.1) is 46.4 Å². The molecule has 374 valence electrons. The predicted molar refractivity (Wildman–Crippen MR) is 271 cm³/mol. The van der Waals surface area contributed by atoms with Crippen LogP contribution in [0, 0.1) is 46.3 Å². The summed E-state index contributed by atoms with van der Waals surface area (Å²) < 4.78 is 17.9. The summed E-state index contributed by atoms with van der Waals surface area (Å²) in [5.74, 6) is 3.78. The van der Waals surface area contributed by atoms with Crippen LogP contribution in [-0.4, -0.2) is 97.0 Å². The molecule has 0 saturated heterocycles. The molecule has 0 aromatic rings. The molecule has 3 saturated carbocycles. The quantitative estimate of drug-likeness (QED) is 0.0226. The molecule has 0 N–H and O–H groups in total. The molecule has 4 unspecified atom stereocenters. The van der Waals surface area contributed by atoms with Crippen molar-refractivity contribution in [3.8, 4) is 0 Å². The Morgan fingerprint density at radius 1 is 0.723 bits per heavy atom. The monoisotopic (exact) mass is 989 g/mol. The average Bonchev–Trinajstić information content (AvgIpc) is 3.65. The smallest absolute Gasteiger partial charge is 0.409 e. The standard InChI is InChI=1S/C53H88Cl4N2O6/c1-5-6-7-8-9-10-11-12-13-14-15-16-17-18-19-20-49(60)65-44-25-27-52(3)43(38-44)21-22-45-47-24-23-46(53(47,4)28-26-48(45)52)41(2)37-42(39-63-50(61)58(33-29-54)34-30-55)40-64-51(62)59(35-31-56)36-32-57/h12-13,21,41-42,44-48H,5-11,14-20,22-40H2,1-4H3/b13-12-/t41?,44-,45?,46+,47?,48?,52-,53+/m0/s1. The highest BCUT2D eigenvalue weighted by Gasteiger charge is 2.59. The Bertz CT molecular complexity index is 1420. The second-order valence-corrected chi connectivity index (χ2v) is 22.2. The van der Waals surface area contributed by atoms with Crippen LogP contribution in [0.3, 0.4) is 0 Å². The van der Waals surface area contributed by atoms with Crippen molar-refractivity contribution in [2.45, 2.75) is 181 Å². The number of alkyl halides is 4. The Morgan fingerprint density at radius 2 is 1.28 bits per heavy atom. The third-order valence-corrected chi connectivity index (χ3v) is 17.0. The molecule has 0 aromatic carbocycles. The van der Waals surface area contributed by atoms with Crippen molar-refractivity contribution >= 4 is 64.6 Å². The van der Waals surface area contributed by atoms with E-state index in [1.807, 2.05) is 0 Å². The van der Waals surface area contributed by atoms with E-state index in [0.29, 0.717) is 62.2 Å². The zero-order chi connectivity index (χ0) is 47.1. The Balaban J connectivity index is 1.25. The number of carbonyl (C=O) groups excluding carboxylic acids is 3. The molecule has 2 amide bonds. The van der Waals surface area contributed by atoms with Crippen molar-refractivity contribution in [3.63, 3.8) is 0 Å². The van der Waals surface area contributed by atoms with Crippen molar-refractivity contribution in [2.75, 3.05) is 62.9 Å². The first-order chi connectivity index (χ1) is 31.4. The summed E-state index contributed by atoms with van der Waals surface area (Å²) >= 11 is 23.9. The molecule has 8 nitrogen and oxygen atoms in total. The van der Waals surface area contributed by atoms with E-state index in [1.54, 1.807) is 0 Å². The lowest BCUT2D eigenvalue weighted by Gasteiger charge is -2.58. The minimum atomic E-state index is -0.452. The zero-order valence-corrected chi connectivity index (χ0v) is 44.0. The van der Waals surface area contributed by atoms with Gasteiger partial charge >= 0.3 is 18.2 Å². The number of hydrogen-bond acceptors (Lipinski definition) is 6. The molecule has 12 heteroatoms. The number of halogens is 4. The number of rotatable bonds is 31. The maximum Gasteiger partial charge on any atom is 0.409 e. The maximum atomic E-state index is 13.1. The summed E-state index contributed by atoms with van der Waals surface area (Å²) in [5.41, 5.74) is 1.92. The van der Waals surface area contributed by atoms with Crippen LogP contribution in [0.25, 0.3) is 0 Å². The van der Waals surface area contributed by atoms with Crippen LogP contribution in [0.15, 0.2) is 23.8 Å². The summed E-state index contributed by atoms with van der Waals surface area (Å²) in [5, 5.41) is 0. The molecular weight excluding hydrogens is 902 g/mol. The van der Waals surface area contributed by atoms with Gasteiger partial charge in [0.15, 0.2) is 0 Å². The van der Waals surface area contributed by atoms with E-state index in [-0.39, 0.29) is 65.6 Å². The van der Waals surface area contributed by atoms with E-state index in [9.17, 15) is 14.4 Å². The second-order valence-electron chi connectivity index (χ2n) is 20.6. The molecule has 0 aromatic heterocycles. The summed E-state index contributed by atoms with van der Waals surface area (Å²) in [6, 6.07) is 0. The molecule has 0 aliphatic heterocycles. The molecule has 0 radical (unpaired) electrons. The fourth-order valence-electron chi connectivity index (χ4n) is 12.7. The number of unbranched alkanes of at least 4 members (excludes halogenated alkanes) is 11. The van der Waals surface area contributed by atoms with Gasteiger partial charge in [-0.25, -0.2) is 9.59 Å². The fraction of sp³-hybridized carbons (Fsp3) is 0.868. The van der Waals surface area contributed by atoms with E-state index in [1.165, 1.54) is 112 Å². The highest BCUT2D eigenvalue weighted by atomic mass is 35.5. The molecule has 4 aliphatic rings. The minimum absolute atomic E-state index is 0.00558. The maximum absolute atomic E-state index is 13.1. The number of allylic oxidation sites excluding steroid dienone is 3. The van der Waals surface area contributed by atoms with Crippen molar-refractivity contribution in [3.05, 3.63) is 23.8 Å². The summed E-state index contributed by atoms with van der Waals surface area (Å²) in [6.45, 7) is 11.4. The van der Waals surface area contributed by atoms with Gasteiger partial charge in [0.25, 0.3) is 0 Å². The van der Waals surface area contributed by atoms with Gasteiger partial charge in [0.1, 0.15) is 6.10 Å². The number of fused-ring (bicyclic) bond motifs is 5. The van der Waals surface area contributed by atoms with Crippen molar-refractivity contribution < 1.29 is 28.6 Å². The van der Waals surface area contributed by atoms with Gasteiger partial charge in [0, 0.05) is 68.5 Å². The summed E-state index contributed by atoms with van der Waals surface area (Å²) in [7, 11) is 0.